The lowest BCUT2D eigenvalue weighted by atomic mass is 9.81. The first kappa shape index (κ1) is 18.8. The molecule has 0 atom stereocenters. The Balaban J connectivity index is 0.00000242. The molecule has 1 amide bonds. The summed E-state index contributed by atoms with van der Waals surface area (Å²) >= 11 is 0. The number of benzene rings is 1. The summed E-state index contributed by atoms with van der Waals surface area (Å²) in [6.07, 6.45) is 2.20. The van der Waals surface area contributed by atoms with Crippen molar-refractivity contribution in [3.63, 3.8) is 0 Å². The van der Waals surface area contributed by atoms with E-state index in [0.29, 0.717) is 0 Å². The topological polar surface area (TPSA) is 50.4 Å². The van der Waals surface area contributed by atoms with Gasteiger partial charge in [0.1, 0.15) is 5.75 Å². The van der Waals surface area contributed by atoms with Gasteiger partial charge in [0.25, 0.3) is 5.91 Å². The van der Waals surface area contributed by atoms with Crippen molar-refractivity contribution in [1.82, 2.24) is 10.6 Å². The van der Waals surface area contributed by atoms with Crippen molar-refractivity contribution >= 4 is 18.3 Å². The Labute approximate surface area is 139 Å². The highest BCUT2D eigenvalue weighted by Crippen LogP contribution is 2.26. The Kier molecular flexibility index (Phi) is 7.17. The minimum absolute atomic E-state index is 0. The highest BCUT2D eigenvalue weighted by molar-refractivity contribution is 5.85. The van der Waals surface area contributed by atoms with Gasteiger partial charge < -0.3 is 15.4 Å². The van der Waals surface area contributed by atoms with Crippen LogP contribution in [0.25, 0.3) is 0 Å². The van der Waals surface area contributed by atoms with E-state index in [9.17, 15) is 4.79 Å². The fourth-order valence-electron chi connectivity index (χ4n) is 2.67. The van der Waals surface area contributed by atoms with Crippen molar-refractivity contribution in [2.45, 2.75) is 33.6 Å². The maximum absolute atomic E-state index is 11.9. The number of amides is 1. The standard InChI is InChI=1S/C17H26N2O2.ClH/c1-13-4-5-15(14(2)10-13)21-11-16(20)19-12-17(3)6-8-18-9-7-17;/h4-5,10,18H,6-9,11-12H2,1-3H3,(H,19,20);1H. The van der Waals surface area contributed by atoms with Crippen LogP contribution in [0, 0.1) is 19.3 Å². The van der Waals surface area contributed by atoms with Gasteiger partial charge in [0.15, 0.2) is 6.61 Å². The first-order valence-corrected chi connectivity index (χ1v) is 7.66. The molecule has 1 aliphatic heterocycles. The number of ether oxygens (including phenoxy) is 1. The molecule has 0 radical (unpaired) electrons. The van der Waals surface area contributed by atoms with Crippen LogP contribution in [0.15, 0.2) is 18.2 Å². The number of carbonyl (C=O) groups is 1. The van der Waals surface area contributed by atoms with Crippen molar-refractivity contribution in [2.75, 3.05) is 26.2 Å². The lowest BCUT2D eigenvalue weighted by molar-refractivity contribution is -0.123. The monoisotopic (exact) mass is 326 g/mol. The molecule has 124 valence electrons. The van der Waals surface area contributed by atoms with Crippen molar-refractivity contribution < 1.29 is 9.53 Å². The average molecular weight is 327 g/mol. The third-order valence-corrected chi connectivity index (χ3v) is 4.21. The number of aryl methyl sites for hydroxylation is 2. The molecule has 1 saturated heterocycles. The molecule has 2 N–H and O–H groups in total. The summed E-state index contributed by atoms with van der Waals surface area (Å²) in [5.41, 5.74) is 2.47. The summed E-state index contributed by atoms with van der Waals surface area (Å²) in [6.45, 7) is 9.15. The molecule has 1 aromatic rings. The lowest BCUT2D eigenvalue weighted by Crippen LogP contribution is -2.43. The molecule has 0 bridgehead atoms. The Morgan fingerprint density at radius 1 is 1.32 bits per heavy atom. The van der Waals surface area contributed by atoms with E-state index >= 15 is 0 Å². The maximum atomic E-state index is 11.9. The lowest BCUT2D eigenvalue weighted by Gasteiger charge is -2.34. The van der Waals surface area contributed by atoms with Crippen molar-refractivity contribution in [1.29, 1.82) is 0 Å². The highest BCUT2D eigenvalue weighted by atomic mass is 35.5. The predicted molar refractivity (Wildman–Crippen MR) is 91.9 cm³/mol. The van der Waals surface area contributed by atoms with Crippen LogP contribution in [-0.4, -0.2) is 32.1 Å². The summed E-state index contributed by atoms with van der Waals surface area (Å²) in [5, 5.41) is 6.35. The van der Waals surface area contributed by atoms with Gasteiger partial charge in [-0.3, -0.25) is 4.79 Å². The second-order valence-electron chi connectivity index (χ2n) is 6.40. The summed E-state index contributed by atoms with van der Waals surface area (Å²) in [7, 11) is 0. The molecule has 1 aromatic carbocycles. The van der Waals surface area contributed by atoms with Gasteiger partial charge in [-0.25, -0.2) is 0 Å². The second kappa shape index (κ2) is 8.39. The first-order chi connectivity index (χ1) is 9.98. The quantitative estimate of drug-likeness (QED) is 0.874. The van der Waals surface area contributed by atoms with Crippen LogP contribution in [0.1, 0.15) is 30.9 Å². The minimum Gasteiger partial charge on any atom is -0.484 e. The summed E-state index contributed by atoms with van der Waals surface area (Å²) in [6, 6.07) is 5.98. The summed E-state index contributed by atoms with van der Waals surface area (Å²) < 4.78 is 5.60. The van der Waals surface area contributed by atoms with E-state index in [4.69, 9.17) is 4.74 Å². The predicted octanol–water partition coefficient (Wildman–Crippen LogP) is 2.61. The molecule has 2 rings (SSSR count). The third-order valence-electron chi connectivity index (χ3n) is 4.21. The minimum atomic E-state index is -0.0465. The molecule has 1 heterocycles. The number of nitrogens with one attached hydrogen (secondary N) is 2. The van der Waals surface area contributed by atoms with Gasteiger partial charge in [-0.15, -0.1) is 12.4 Å². The van der Waals surface area contributed by atoms with Crippen LogP contribution in [0.3, 0.4) is 0 Å². The fraction of sp³-hybridized carbons (Fsp3) is 0.588. The van der Waals surface area contributed by atoms with E-state index in [1.54, 1.807) is 0 Å². The van der Waals surface area contributed by atoms with E-state index in [2.05, 4.69) is 23.6 Å². The molecule has 1 fully saturated rings. The molecule has 0 spiro atoms. The zero-order chi connectivity index (χ0) is 15.3. The Morgan fingerprint density at radius 2 is 2.00 bits per heavy atom. The largest absolute Gasteiger partial charge is 0.484 e. The SMILES string of the molecule is Cc1ccc(OCC(=O)NCC2(C)CCNCC2)c(C)c1.Cl. The van der Waals surface area contributed by atoms with E-state index in [1.165, 1.54) is 5.56 Å². The average Bonchev–Trinajstić information content (AvgIpc) is 2.45. The molecule has 0 unspecified atom stereocenters. The molecule has 1 aliphatic rings. The summed E-state index contributed by atoms with van der Waals surface area (Å²) in [5.74, 6) is 0.735. The number of carbonyl (C=O) groups excluding carboxylic acids is 1. The molecular weight excluding hydrogens is 300 g/mol. The third kappa shape index (κ3) is 5.50. The number of hydrogen-bond donors (Lipinski definition) is 2. The molecule has 22 heavy (non-hydrogen) atoms. The van der Waals surface area contributed by atoms with Gasteiger partial charge in [-0.05, 0) is 56.8 Å². The van der Waals surface area contributed by atoms with Gasteiger partial charge in [0.05, 0.1) is 0 Å². The molecule has 4 nitrogen and oxygen atoms in total. The Bertz CT molecular complexity index is 499. The fourth-order valence-corrected chi connectivity index (χ4v) is 2.67. The van der Waals surface area contributed by atoms with Crippen molar-refractivity contribution in [3.05, 3.63) is 29.3 Å². The number of hydrogen-bond acceptors (Lipinski definition) is 3. The molecular formula is C17H27ClN2O2. The zero-order valence-electron chi connectivity index (χ0n) is 13.7. The summed E-state index contributed by atoms with van der Waals surface area (Å²) in [4.78, 5) is 11.9. The maximum Gasteiger partial charge on any atom is 0.257 e. The van der Waals surface area contributed by atoms with Gasteiger partial charge in [0, 0.05) is 6.54 Å². The van der Waals surface area contributed by atoms with Crippen LogP contribution >= 0.6 is 12.4 Å². The zero-order valence-corrected chi connectivity index (χ0v) is 14.5. The Morgan fingerprint density at radius 3 is 2.64 bits per heavy atom. The van der Waals surface area contributed by atoms with E-state index in [-0.39, 0.29) is 30.3 Å². The van der Waals surface area contributed by atoms with E-state index in [0.717, 1.165) is 43.8 Å². The smallest absolute Gasteiger partial charge is 0.257 e. The molecule has 0 aromatic heterocycles. The highest BCUT2D eigenvalue weighted by Gasteiger charge is 2.26. The van der Waals surface area contributed by atoms with Crippen molar-refractivity contribution in [3.8, 4) is 5.75 Å². The number of halogens is 1. The molecule has 0 saturated carbocycles. The van der Waals surface area contributed by atoms with Gasteiger partial charge >= 0.3 is 0 Å². The van der Waals surface area contributed by atoms with Crippen LogP contribution in [-0.2, 0) is 4.79 Å². The second-order valence-corrected chi connectivity index (χ2v) is 6.40. The Hall–Kier alpha value is -1.26. The van der Waals surface area contributed by atoms with Crippen molar-refractivity contribution in [2.24, 2.45) is 5.41 Å². The normalized spacial score (nSPS) is 16.5. The first-order valence-electron chi connectivity index (χ1n) is 7.66. The van der Waals surface area contributed by atoms with Crippen LogP contribution < -0.4 is 15.4 Å². The van der Waals surface area contributed by atoms with Gasteiger partial charge in [-0.1, -0.05) is 24.6 Å². The van der Waals surface area contributed by atoms with Gasteiger partial charge in [0.2, 0.25) is 0 Å². The van der Waals surface area contributed by atoms with Gasteiger partial charge in [-0.2, -0.15) is 0 Å². The van der Waals surface area contributed by atoms with Crippen LogP contribution in [0.4, 0.5) is 0 Å². The van der Waals surface area contributed by atoms with Crippen LogP contribution in [0.5, 0.6) is 5.75 Å². The van der Waals surface area contributed by atoms with E-state index in [1.807, 2.05) is 26.0 Å². The van der Waals surface area contributed by atoms with Crippen LogP contribution in [0.2, 0.25) is 0 Å². The number of rotatable bonds is 5. The van der Waals surface area contributed by atoms with E-state index < -0.39 is 0 Å². The number of piperidine rings is 1. The molecule has 5 heteroatoms. The molecule has 0 aliphatic carbocycles.